The molecule has 0 radical (unpaired) electrons. The number of rotatable bonds is 5. The second-order valence-electron chi connectivity index (χ2n) is 16.0. The molecule has 0 atom stereocenters. The molecule has 1 aliphatic carbocycles. The second-order valence-corrected chi connectivity index (χ2v) is 16.0. The van der Waals surface area contributed by atoms with Crippen LogP contribution in [-0.4, -0.2) is 24.1 Å². The zero-order valence-electron chi connectivity index (χ0n) is 32.6. The fourth-order valence-corrected chi connectivity index (χ4v) is 9.65. The van der Waals surface area contributed by atoms with Crippen LogP contribution in [0.1, 0.15) is 25.0 Å². The molecule has 3 aromatic heterocycles. The highest BCUT2D eigenvalue weighted by Crippen LogP contribution is 2.52. The van der Waals surface area contributed by atoms with Crippen molar-refractivity contribution in [2.45, 2.75) is 19.3 Å². The predicted molar refractivity (Wildman–Crippen MR) is 242 cm³/mol. The van der Waals surface area contributed by atoms with Crippen LogP contribution >= 0.6 is 0 Å². The molecular formula is C54H37N5. The lowest BCUT2D eigenvalue weighted by Gasteiger charge is -2.21. The van der Waals surface area contributed by atoms with E-state index in [0.29, 0.717) is 17.6 Å². The first-order valence-electron chi connectivity index (χ1n) is 20.2. The molecule has 0 aliphatic heterocycles. The van der Waals surface area contributed by atoms with Crippen LogP contribution in [0, 0.1) is 0 Å². The van der Waals surface area contributed by atoms with Crippen LogP contribution in [0.2, 0.25) is 0 Å². The molecule has 8 aromatic carbocycles. The van der Waals surface area contributed by atoms with E-state index < -0.39 is 0 Å². The Bertz CT molecular complexity index is 3450. The highest BCUT2D eigenvalue weighted by Gasteiger charge is 2.37. The number of benzene rings is 8. The third kappa shape index (κ3) is 4.95. The van der Waals surface area contributed by atoms with Crippen molar-refractivity contribution in [1.82, 2.24) is 24.1 Å². The molecule has 12 rings (SSSR count). The van der Waals surface area contributed by atoms with Gasteiger partial charge in [-0.1, -0.05) is 178 Å². The highest BCUT2D eigenvalue weighted by atomic mass is 15.2. The van der Waals surface area contributed by atoms with Crippen molar-refractivity contribution in [1.29, 1.82) is 0 Å². The molecular weight excluding hydrogens is 719 g/mol. The molecule has 1 aliphatic rings. The molecule has 0 saturated heterocycles. The van der Waals surface area contributed by atoms with Gasteiger partial charge in [0.25, 0.3) is 0 Å². The standard InChI is InChI=1S/C54H37N5/c1-54(2)44-24-12-9-22-42(44)48-43(23-15-25-45(48)54)52-55-51(36-30-28-35(29-31-36)34-16-5-3-6-17-34)56-53(57-52)59-47-27-14-11-21-39(47)41-33-32-40-38-20-10-13-26-46(38)58(49(40)50(41)59)37-18-7-4-8-19-37/h3-33H,1-2H3. The number of hydrogen-bond donors (Lipinski definition) is 0. The van der Waals surface area contributed by atoms with E-state index in [0.717, 1.165) is 55.2 Å². The molecule has 278 valence electrons. The quantitative estimate of drug-likeness (QED) is 0.176. The Morgan fingerprint density at radius 3 is 1.63 bits per heavy atom. The number of aromatic nitrogens is 5. The Kier molecular flexibility index (Phi) is 7.20. The van der Waals surface area contributed by atoms with Crippen LogP contribution in [0.15, 0.2) is 188 Å². The molecule has 0 spiro atoms. The summed E-state index contributed by atoms with van der Waals surface area (Å²) in [4.78, 5) is 16.3. The average molecular weight is 756 g/mol. The topological polar surface area (TPSA) is 48.5 Å². The lowest BCUT2D eigenvalue weighted by molar-refractivity contribution is 0.660. The predicted octanol–water partition coefficient (Wildman–Crippen LogP) is 13.4. The average Bonchev–Trinajstić information content (AvgIpc) is 3.90. The Balaban J connectivity index is 1.19. The van der Waals surface area contributed by atoms with Gasteiger partial charge < -0.3 is 4.57 Å². The second kappa shape index (κ2) is 12.7. The third-order valence-corrected chi connectivity index (χ3v) is 12.4. The van der Waals surface area contributed by atoms with Crippen molar-refractivity contribution in [2.75, 3.05) is 0 Å². The first-order chi connectivity index (χ1) is 29.0. The van der Waals surface area contributed by atoms with Gasteiger partial charge >= 0.3 is 0 Å². The maximum atomic E-state index is 5.53. The molecule has 59 heavy (non-hydrogen) atoms. The minimum atomic E-state index is -0.169. The monoisotopic (exact) mass is 755 g/mol. The van der Waals surface area contributed by atoms with Crippen LogP contribution in [0.25, 0.3) is 100 Å². The zero-order chi connectivity index (χ0) is 39.2. The summed E-state index contributed by atoms with van der Waals surface area (Å²) in [6.45, 7) is 4.63. The van der Waals surface area contributed by atoms with Crippen molar-refractivity contribution in [3.8, 4) is 56.7 Å². The molecule has 11 aromatic rings. The van der Waals surface area contributed by atoms with Gasteiger partial charge in [0.15, 0.2) is 11.6 Å². The third-order valence-electron chi connectivity index (χ3n) is 12.4. The maximum absolute atomic E-state index is 5.53. The van der Waals surface area contributed by atoms with E-state index in [1.807, 2.05) is 6.07 Å². The van der Waals surface area contributed by atoms with Gasteiger partial charge in [-0.15, -0.1) is 0 Å². The Labute approximate surface area is 341 Å². The van der Waals surface area contributed by atoms with E-state index in [4.69, 9.17) is 15.0 Å². The number of hydrogen-bond acceptors (Lipinski definition) is 3. The molecule has 5 heteroatoms. The fourth-order valence-electron chi connectivity index (χ4n) is 9.65. The number of fused-ring (bicyclic) bond motifs is 10. The van der Waals surface area contributed by atoms with Crippen molar-refractivity contribution in [3.05, 3.63) is 199 Å². The van der Waals surface area contributed by atoms with Gasteiger partial charge in [-0.3, -0.25) is 4.57 Å². The summed E-state index contributed by atoms with van der Waals surface area (Å²) >= 11 is 0. The van der Waals surface area contributed by atoms with Crippen LogP contribution in [-0.2, 0) is 5.41 Å². The number of para-hydroxylation sites is 3. The zero-order valence-corrected chi connectivity index (χ0v) is 32.6. The van der Waals surface area contributed by atoms with Crippen molar-refractivity contribution in [2.24, 2.45) is 0 Å². The minimum absolute atomic E-state index is 0.169. The molecule has 0 amide bonds. The van der Waals surface area contributed by atoms with Gasteiger partial charge in [-0.05, 0) is 57.6 Å². The summed E-state index contributed by atoms with van der Waals surface area (Å²) in [7, 11) is 0. The smallest absolute Gasteiger partial charge is 0.238 e. The molecule has 3 heterocycles. The van der Waals surface area contributed by atoms with E-state index in [1.165, 1.54) is 38.6 Å². The van der Waals surface area contributed by atoms with E-state index in [-0.39, 0.29) is 5.41 Å². The fraction of sp³-hybridized carbons (Fsp3) is 0.0556. The summed E-state index contributed by atoms with van der Waals surface area (Å²) in [6, 6.07) is 67.0. The largest absolute Gasteiger partial charge is 0.307 e. The Morgan fingerprint density at radius 2 is 0.898 bits per heavy atom. The van der Waals surface area contributed by atoms with Crippen molar-refractivity contribution >= 4 is 43.6 Å². The normalized spacial score (nSPS) is 13.1. The van der Waals surface area contributed by atoms with Crippen LogP contribution in [0.3, 0.4) is 0 Å². The van der Waals surface area contributed by atoms with Gasteiger partial charge in [0.05, 0.1) is 22.1 Å². The van der Waals surface area contributed by atoms with E-state index in [1.54, 1.807) is 0 Å². The summed E-state index contributed by atoms with van der Waals surface area (Å²) in [6.07, 6.45) is 0. The van der Waals surface area contributed by atoms with E-state index >= 15 is 0 Å². The Morgan fingerprint density at radius 1 is 0.373 bits per heavy atom. The number of nitrogens with zero attached hydrogens (tertiary/aromatic N) is 5. The minimum Gasteiger partial charge on any atom is -0.307 e. The molecule has 0 unspecified atom stereocenters. The van der Waals surface area contributed by atoms with Gasteiger partial charge in [0.2, 0.25) is 5.95 Å². The Hall–Kier alpha value is -7.63. The molecule has 0 bridgehead atoms. The van der Waals surface area contributed by atoms with Gasteiger partial charge in [-0.2, -0.15) is 9.97 Å². The summed E-state index contributed by atoms with van der Waals surface area (Å²) < 4.78 is 4.68. The summed E-state index contributed by atoms with van der Waals surface area (Å²) in [5, 5.41) is 4.65. The van der Waals surface area contributed by atoms with Crippen molar-refractivity contribution < 1.29 is 0 Å². The van der Waals surface area contributed by atoms with E-state index in [2.05, 4.69) is 205 Å². The first kappa shape index (κ1) is 33.5. The molecule has 0 saturated carbocycles. The van der Waals surface area contributed by atoms with Gasteiger partial charge in [0.1, 0.15) is 0 Å². The lowest BCUT2D eigenvalue weighted by Crippen LogP contribution is -2.14. The maximum Gasteiger partial charge on any atom is 0.238 e. The first-order valence-corrected chi connectivity index (χ1v) is 20.2. The molecule has 0 fully saturated rings. The SMILES string of the molecule is CC1(C)c2ccccc2-c2c(-c3nc(-c4ccc(-c5ccccc5)cc4)nc(-n4c5ccccc5c5ccc6c7ccccc7n(-c7ccccc7)c6c54)n3)cccc21. The van der Waals surface area contributed by atoms with Crippen LogP contribution in [0.4, 0.5) is 0 Å². The summed E-state index contributed by atoms with van der Waals surface area (Å²) in [5.41, 5.74) is 14.5. The van der Waals surface area contributed by atoms with Gasteiger partial charge in [-0.25, -0.2) is 4.98 Å². The lowest BCUT2D eigenvalue weighted by atomic mass is 9.82. The summed E-state index contributed by atoms with van der Waals surface area (Å²) in [5.74, 6) is 1.83. The highest BCUT2D eigenvalue weighted by molar-refractivity contribution is 6.23. The van der Waals surface area contributed by atoms with Crippen molar-refractivity contribution in [3.63, 3.8) is 0 Å². The van der Waals surface area contributed by atoms with Gasteiger partial charge in [0, 0.05) is 43.8 Å². The van der Waals surface area contributed by atoms with E-state index in [9.17, 15) is 0 Å². The van der Waals surface area contributed by atoms with Crippen LogP contribution < -0.4 is 0 Å². The molecule has 0 N–H and O–H groups in total. The molecule has 5 nitrogen and oxygen atoms in total. The van der Waals surface area contributed by atoms with Crippen LogP contribution in [0.5, 0.6) is 0 Å².